The normalized spacial score (nSPS) is 13.3. The van der Waals surface area contributed by atoms with Crippen molar-refractivity contribution in [3.8, 4) is 11.5 Å². The van der Waals surface area contributed by atoms with Crippen molar-refractivity contribution in [3.05, 3.63) is 54.1 Å². The molecule has 1 aliphatic heterocycles. The number of nitrogens with zero attached hydrogens (tertiary/aromatic N) is 3. The molecular weight excluding hydrogens is 250 g/mol. The molecule has 1 aliphatic rings. The maximum absolute atomic E-state index is 5.76. The lowest BCUT2D eigenvalue weighted by molar-refractivity contribution is 0.434. The van der Waals surface area contributed by atoms with Gasteiger partial charge in [-0.3, -0.25) is 0 Å². The first kappa shape index (κ1) is 11.0. The molecule has 0 amide bonds. The fourth-order valence-electron chi connectivity index (χ4n) is 1.73. The second-order valence-corrected chi connectivity index (χ2v) is 4.28. The van der Waals surface area contributed by atoms with Gasteiger partial charge in [0, 0.05) is 23.4 Å². The average molecular weight is 260 g/mol. The van der Waals surface area contributed by atoms with Crippen LogP contribution in [0.2, 0.25) is 0 Å². The molecule has 0 aromatic heterocycles. The number of fused-ring (bicyclic) bond motifs is 1. The van der Waals surface area contributed by atoms with Gasteiger partial charge >= 0.3 is 0 Å². The summed E-state index contributed by atoms with van der Waals surface area (Å²) < 4.78 is 7.00. The van der Waals surface area contributed by atoms with E-state index >= 15 is 0 Å². The molecule has 0 N–H and O–H groups in total. The summed E-state index contributed by atoms with van der Waals surface area (Å²) in [5.41, 5.74) is 1.82. The van der Waals surface area contributed by atoms with Gasteiger partial charge in [-0.1, -0.05) is 29.5 Å². The molecule has 90 valence electrons. The van der Waals surface area contributed by atoms with E-state index in [0.29, 0.717) is 6.54 Å². The first-order valence-corrected chi connectivity index (χ1v) is 5.86. The minimum atomic E-state index is 0.548. The van der Waals surface area contributed by atoms with Crippen LogP contribution in [0.5, 0.6) is 11.5 Å². The third-order valence-corrected chi connectivity index (χ3v) is 2.77. The Kier molecular flexibility index (Phi) is 2.86. The van der Waals surface area contributed by atoms with Gasteiger partial charge in [-0.2, -0.15) is 4.53 Å². The smallest absolute Gasteiger partial charge is 0.129 e. The van der Waals surface area contributed by atoms with Crippen molar-refractivity contribution in [2.75, 3.05) is 0 Å². The largest absolute Gasteiger partial charge is 0.457 e. The van der Waals surface area contributed by atoms with Crippen molar-refractivity contribution < 1.29 is 4.74 Å². The highest BCUT2D eigenvalue weighted by Gasteiger charge is 2.12. The molecule has 2 aromatic rings. The Morgan fingerprint density at radius 2 is 1.89 bits per heavy atom. The van der Waals surface area contributed by atoms with E-state index in [1.54, 1.807) is 0 Å². The van der Waals surface area contributed by atoms with Gasteiger partial charge < -0.3 is 4.74 Å². The highest BCUT2D eigenvalue weighted by Crippen LogP contribution is 2.32. The number of para-hydroxylation sites is 1. The first-order chi connectivity index (χ1) is 8.81. The van der Waals surface area contributed by atoms with Gasteiger partial charge in [-0.15, -0.1) is 5.11 Å². The van der Waals surface area contributed by atoms with Crippen LogP contribution in [0.1, 0.15) is 5.56 Å². The number of hydrogen-bond donors (Lipinski definition) is 0. The first-order valence-electron chi connectivity index (χ1n) is 5.52. The zero-order chi connectivity index (χ0) is 12.4. The van der Waals surface area contributed by atoms with E-state index in [9.17, 15) is 0 Å². The van der Waals surface area contributed by atoms with Gasteiger partial charge in [0.05, 0.1) is 12.2 Å². The molecule has 0 atom stereocenters. The second-order valence-electron chi connectivity index (χ2n) is 3.89. The highest BCUT2D eigenvalue weighted by atomic mass is 35.5. The fraction of sp³-hybridized carbons (Fsp3) is 0.0769. The van der Waals surface area contributed by atoms with Gasteiger partial charge in [-0.05, 0) is 18.2 Å². The lowest BCUT2D eigenvalue weighted by atomic mass is 10.1. The molecule has 3 rings (SSSR count). The van der Waals surface area contributed by atoms with Crippen LogP contribution in [0.25, 0.3) is 0 Å². The third kappa shape index (κ3) is 2.28. The van der Waals surface area contributed by atoms with Crippen LogP contribution in [-0.4, -0.2) is 4.53 Å². The van der Waals surface area contributed by atoms with E-state index in [1.165, 1.54) is 4.53 Å². The maximum Gasteiger partial charge on any atom is 0.129 e. The van der Waals surface area contributed by atoms with Crippen molar-refractivity contribution in [1.82, 2.24) is 4.53 Å². The topological polar surface area (TPSA) is 37.2 Å². The summed E-state index contributed by atoms with van der Waals surface area (Å²) >= 11 is 5.76. The molecule has 18 heavy (non-hydrogen) atoms. The highest BCUT2D eigenvalue weighted by molar-refractivity contribution is 6.13. The van der Waals surface area contributed by atoms with Crippen LogP contribution in [0.15, 0.2) is 58.9 Å². The van der Waals surface area contributed by atoms with E-state index in [0.717, 1.165) is 22.7 Å². The molecular formula is C13H10ClN3O. The Hall–Kier alpha value is -2.07. The van der Waals surface area contributed by atoms with Crippen LogP contribution in [0.3, 0.4) is 0 Å². The van der Waals surface area contributed by atoms with Gasteiger partial charge in [-0.25, -0.2) is 0 Å². The predicted molar refractivity (Wildman–Crippen MR) is 68.9 cm³/mol. The van der Waals surface area contributed by atoms with Gasteiger partial charge in [0.25, 0.3) is 0 Å². The van der Waals surface area contributed by atoms with Gasteiger partial charge in [0.1, 0.15) is 11.5 Å². The lowest BCUT2D eigenvalue weighted by Gasteiger charge is -2.15. The molecule has 0 aliphatic carbocycles. The zero-order valence-electron chi connectivity index (χ0n) is 9.45. The summed E-state index contributed by atoms with van der Waals surface area (Å²) in [6.07, 6.45) is 0. The van der Waals surface area contributed by atoms with Gasteiger partial charge in [0.15, 0.2) is 0 Å². The molecule has 0 saturated carbocycles. The molecule has 4 nitrogen and oxygen atoms in total. The van der Waals surface area contributed by atoms with E-state index in [2.05, 4.69) is 10.3 Å². The van der Waals surface area contributed by atoms with Crippen LogP contribution < -0.4 is 4.74 Å². The van der Waals surface area contributed by atoms with Crippen molar-refractivity contribution in [2.45, 2.75) is 6.54 Å². The molecule has 0 saturated heterocycles. The molecule has 0 unspecified atom stereocenters. The summed E-state index contributed by atoms with van der Waals surface area (Å²) in [7, 11) is 0. The Morgan fingerprint density at radius 3 is 2.72 bits per heavy atom. The molecule has 1 heterocycles. The zero-order valence-corrected chi connectivity index (χ0v) is 10.2. The summed E-state index contributed by atoms with van der Waals surface area (Å²) in [5.74, 6) is 1.53. The van der Waals surface area contributed by atoms with Crippen LogP contribution in [0.4, 0.5) is 5.69 Å². The Bertz CT molecular complexity index is 586. The SMILES string of the molecule is ClN1Cc2ccc(Oc3ccccc3)cc2N=N1. The molecule has 0 fully saturated rings. The van der Waals surface area contributed by atoms with E-state index in [4.69, 9.17) is 16.5 Å². The minimum absolute atomic E-state index is 0.548. The molecule has 0 radical (unpaired) electrons. The molecule has 2 aromatic carbocycles. The summed E-state index contributed by atoms with van der Waals surface area (Å²) in [5, 5.41) is 7.80. The molecule has 5 heteroatoms. The van der Waals surface area contributed by atoms with E-state index < -0.39 is 0 Å². The number of hydrogen-bond acceptors (Lipinski definition) is 4. The number of benzene rings is 2. The summed E-state index contributed by atoms with van der Waals surface area (Å²) in [4.78, 5) is 0. The quantitative estimate of drug-likeness (QED) is 0.748. The Balaban J connectivity index is 1.86. The average Bonchev–Trinajstić information content (AvgIpc) is 2.40. The minimum Gasteiger partial charge on any atom is -0.457 e. The monoisotopic (exact) mass is 259 g/mol. The third-order valence-electron chi connectivity index (χ3n) is 2.59. The van der Waals surface area contributed by atoms with Crippen molar-refractivity contribution >= 4 is 17.5 Å². The number of halogens is 1. The fourth-order valence-corrected chi connectivity index (χ4v) is 1.89. The number of ether oxygens (including phenoxy) is 1. The standard InChI is InChI=1S/C13H10ClN3O/c14-17-9-10-6-7-12(8-13(10)15-16-17)18-11-4-2-1-3-5-11/h1-8H,9H2. The van der Waals surface area contributed by atoms with E-state index in [1.807, 2.05) is 48.5 Å². The van der Waals surface area contributed by atoms with Crippen LogP contribution in [0, 0.1) is 0 Å². The van der Waals surface area contributed by atoms with E-state index in [-0.39, 0.29) is 0 Å². The van der Waals surface area contributed by atoms with Crippen molar-refractivity contribution in [1.29, 1.82) is 0 Å². The number of rotatable bonds is 2. The van der Waals surface area contributed by atoms with Crippen molar-refractivity contribution in [2.24, 2.45) is 10.3 Å². The van der Waals surface area contributed by atoms with Crippen molar-refractivity contribution in [3.63, 3.8) is 0 Å². The second kappa shape index (κ2) is 4.66. The lowest BCUT2D eigenvalue weighted by Crippen LogP contribution is -2.06. The van der Waals surface area contributed by atoms with Crippen LogP contribution >= 0.6 is 11.8 Å². The Morgan fingerprint density at radius 1 is 1.06 bits per heavy atom. The van der Waals surface area contributed by atoms with Gasteiger partial charge in [0.2, 0.25) is 0 Å². The molecule has 0 spiro atoms. The Labute approximate surface area is 110 Å². The van der Waals surface area contributed by atoms with Crippen LogP contribution in [-0.2, 0) is 6.54 Å². The predicted octanol–water partition coefficient (Wildman–Crippen LogP) is 4.45. The summed E-state index contributed by atoms with van der Waals surface area (Å²) in [6, 6.07) is 15.3. The summed E-state index contributed by atoms with van der Waals surface area (Å²) in [6.45, 7) is 0.548. The molecule has 0 bridgehead atoms. The maximum atomic E-state index is 5.76.